The van der Waals surface area contributed by atoms with Crippen LogP contribution in [0.2, 0.25) is 0 Å². The molecule has 1 aliphatic heterocycles. The van der Waals surface area contributed by atoms with Crippen LogP contribution in [0.1, 0.15) is 46.5 Å². The van der Waals surface area contributed by atoms with Crippen LogP contribution in [0.15, 0.2) is 0 Å². The highest BCUT2D eigenvalue weighted by molar-refractivity contribution is 4.95. The van der Waals surface area contributed by atoms with Crippen LogP contribution in [0.5, 0.6) is 0 Å². The molecule has 1 aliphatic carbocycles. The Kier molecular flexibility index (Phi) is 5.23. The van der Waals surface area contributed by atoms with E-state index in [9.17, 15) is 5.11 Å². The lowest BCUT2D eigenvalue weighted by Crippen LogP contribution is -2.55. The molecule has 112 valence electrons. The normalized spacial score (nSPS) is 30.0. The van der Waals surface area contributed by atoms with Gasteiger partial charge >= 0.3 is 0 Å². The third-order valence-corrected chi connectivity index (χ3v) is 4.54. The molecule has 0 radical (unpaired) electrons. The summed E-state index contributed by atoms with van der Waals surface area (Å²) in [4.78, 5) is 2.56. The Labute approximate surface area is 117 Å². The summed E-state index contributed by atoms with van der Waals surface area (Å²) in [7, 11) is 0. The van der Waals surface area contributed by atoms with Crippen LogP contribution in [0.3, 0.4) is 0 Å². The number of ether oxygens (including phenoxy) is 1. The maximum atomic E-state index is 9.73. The molecule has 4 nitrogen and oxygen atoms in total. The van der Waals surface area contributed by atoms with Crippen molar-refractivity contribution in [1.29, 1.82) is 0 Å². The number of hydrogen-bond donors (Lipinski definition) is 2. The second kappa shape index (κ2) is 6.53. The molecule has 0 aromatic heterocycles. The van der Waals surface area contributed by atoms with E-state index < -0.39 is 0 Å². The minimum Gasteiger partial charge on any atom is -0.394 e. The third kappa shape index (κ3) is 4.15. The van der Waals surface area contributed by atoms with E-state index >= 15 is 0 Å². The van der Waals surface area contributed by atoms with Crippen molar-refractivity contribution in [3.8, 4) is 0 Å². The van der Waals surface area contributed by atoms with Crippen LogP contribution in [0, 0.1) is 0 Å². The van der Waals surface area contributed by atoms with Crippen molar-refractivity contribution >= 4 is 0 Å². The van der Waals surface area contributed by atoms with Gasteiger partial charge in [-0.2, -0.15) is 0 Å². The molecule has 1 saturated carbocycles. The Balaban J connectivity index is 1.91. The Bertz CT molecular complexity index is 283. The standard InChI is InChI=1S/C15H30N2O2/c1-4-14-10-19-8-7-17(14)12(2)9-15(3,11-18)16-13-5-6-13/h12-14,16,18H,4-11H2,1-3H3. The first-order valence-corrected chi connectivity index (χ1v) is 7.80. The molecule has 1 heterocycles. The van der Waals surface area contributed by atoms with Gasteiger partial charge in [0.15, 0.2) is 0 Å². The van der Waals surface area contributed by atoms with Gasteiger partial charge in [0.2, 0.25) is 0 Å². The van der Waals surface area contributed by atoms with E-state index in [2.05, 4.69) is 31.0 Å². The molecule has 3 atom stereocenters. The molecule has 0 amide bonds. The summed E-state index contributed by atoms with van der Waals surface area (Å²) in [5.74, 6) is 0. The number of aliphatic hydroxyl groups is 1. The van der Waals surface area contributed by atoms with Crippen molar-refractivity contribution < 1.29 is 9.84 Å². The van der Waals surface area contributed by atoms with E-state index in [0.29, 0.717) is 18.1 Å². The molecule has 1 saturated heterocycles. The van der Waals surface area contributed by atoms with Crippen LogP contribution in [-0.2, 0) is 4.74 Å². The van der Waals surface area contributed by atoms with Gasteiger partial charge in [-0.1, -0.05) is 6.92 Å². The molecule has 0 bridgehead atoms. The molecular formula is C15H30N2O2. The van der Waals surface area contributed by atoms with E-state index in [1.165, 1.54) is 12.8 Å². The first-order chi connectivity index (χ1) is 9.08. The smallest absolute Gasteiger partial charge is 0.0622 e. The number of rotatable bonds is 7. The summed E-state index contributed by atoms with van der Waals surface area (Å²) in [6, 6.07) is 1.65. The average molecular weight is 270 g/mol. The van der Waals surface area contributed by atoms with Gasteiger partial charge in [0, 0.05) is 30.2 Å². The fourth-order valence-corrected chi connectivity index (χ4v) is 3.26. The Morgan fingerprint density at radius 1 is 1.47 bits per heavy atom. The van der Waals surface area contributed by atoms with Gasteiger partial charge in [-0.3, -0.25) is 4.90 Å². The van der Waals surface area contributed by atoms with E-state index in [1.54, 1.807) is 0 Å². The molecule has 19 heavy (non-hydrogen) atoms. The van der Waals surface area contributed by atoms with Crippen molar-refractivity contribution in [3.63, 3.8) is 0 Å². The van der Waals surface area contributed by atoms with Crippen molar-refractivity contribution in [3.05, 3.63) is 0 Å². The van der Waals surface area contributed by atoms with Gasteiger partial charge in [-0.05, 0) is 39.5 Å². The van der Waals surface area contributed by atoms with Crippen LogP contribution in [0.25, 0.3) is 0 Å². The lowest BCUT2D eigenvalue weighted by atomic mass is 9.92. The second-order valence-corrected chi connectivity index (χ2v) is 6.57. The number of aliphatic hydroxyl groups excluding tert-OH is 1. The van der Waals surface area contributed by atoms with Gasteiger partial charge in [0.25, 0.3) is 0 Å². The number of nitrogens with one attached hydrogen (secondary N) is 1. The molecule has 3 unspecified atom stereocenters. The summed E-state index contributed by atoms with van der Waals surface area (Å²) in [6.45, 7) is 9.60. The van der Waals surface area contributed by atoms with Crippen LogP contribution in [-0.4, -0.2) is 60.0 Å². The molecule has 2 rings (SSSR count). The van der Waals surface area contributed by atoms with Crippen LogP contribution in [0.4, 0.5) is 0 Å². The van der Waals surface area contributed by atoms with Gasteiger partial charge in [-0.25, -0.2) is 0 Å². The fraction of sp³-hybridized carbons (Fsp3) is 1.00. The summed E-state index contributed by atoms with van der Waals surface area (Å²) in [5, 5.41) is 13.3. The number of morpholine rings is 1. The Hall–Kier alpha value is -0.160. The van der Waals surface area contributed by atoms with E-state index in [0.717, 1.165) is 32.6 Å². The van der Waals surface area contributed by atoms with Gasteiger partial charge < -0.3 is 15.2 Å². The Morgan fingerprint density at radius 3 is 2.79 bits per heavy atom. The van der Waals surface area contributed by atoms with Crippen LogP contribution < -0.4 is 5.32 Å². The monoisotopic (exact) mass is 270 g/mol. The van der Waals surface area contributed by atoms with Crippen molar-refractivity contribution in [2.75, 3.05) is 26.4 Å². The highest BCUT2D eigenvalue weighted by Gasteiger charge is 2.35. The zero-order valence-corrected chi connectivity index (χ0v) is 12.7. The highest BCUT2D eigenvalue weighted by atomic mass is 16.5. The predicted octanol–water partition coefficient (Wildman–Crippen LogP) is 1.38. The molecular weight excluding hydrogens is 240 g/mol. The first-order valence-electron chi connectivity index (χ1n) is 7.80. The van der Waals surface area contributed by atoms with Crippen LogP contribution >= 0.6 is 0 Å². The summed E-state index contributed by atoms with van der Waals surface area (Å²) in [6.07, 6.45) is 4.66. The molecule has 2 N–H and O–H groups in total. The van der Waals surface area contributed by atoms with E-state index in [-0.39, 0.29) is 12.1 Å². The molecule has 0 aromatic carbocycles. The molecule has 0 spiro atoms. The second-order valence-electron chi connectivity index (χ2n) is 6.57. The van der Waals surface area contributed by atoms with Crippen molar-refractivity contribution in [1.82, 2.24) is 10.2 Å². The fourth-order valence-electron chi connectivity index (χ4n) is 3.26. The molecule has 4 heteroatoms. The minimum absolute atomic E-state index is 0.142. The summed E-state index contributed by atoms with van der Waals surface area (Å²) in [5.41, 5.74) is -0.142. The average Bonchev–Trinajstić information content (AvgIpc) is 3.22. The molecule has 2 aliphatic rings. The quantitative estimate of drug-likeness (QED) is 0.733. The van der Waals surface area contributed by atoms with E-state index in [4.69, 9.17) is 4.74 Å². The molecule has 0 aromatic rings. The van der Waals surface area contributed by atoms with Gasteiger partial charge in [0.1, 0.15) is 0 Å². The predicted molar refractivity (Wildman–Crippen MR) is 77.3 cm³/mol. The third-order valence-electron chi connectivity index (χ3n) is 4.54. The summed E-state index contributed by atoms with van der Waals surface area (Å²) < 4.78 is 5.58. The van der Waals surface area contributed by atoms with Crippen molar-refractivity contribution in [2.24, 2.45) is 0 Å². The number of nitrogens with zero attached hydrogens (tertiary/aromatic N) is 1. The molecule has 2 fully saturated rings. The highest BCUT2D eigenvalue weighted by Crippen LogP contribution is 2.26. The zero-order chi connectivity index (χ0) is 13.9. The van der Waals surface area contributed by atoms with Crippen molar-refractivity contribution in [2.45, 2.75) is 70.1 Å². The van der Waals surface area contributed by atoms with E-state index in [1.807, 2.05) is 0 Å². The lowest BCUT2D eigenvalue weighted by Gasteiger charge is -2.42. The maximum Gasteiger partial charge on any atom is 0.0622 e. The Morgan fingerprint density at radius 2 is 2.21 bits per heavy atom. The lowest BCUT2D eigenvalue weighted by molar-refractivity contribution is -0.0347. The largest absolute Gasteiger partial charge is 0.394 e. The van der Waals surface area contributed by atoms with Gasteiger partial charge in [-0.15, -0.1) is 0 Å². The summed E-state index contributed by atoms with van der Waals surface area (Å²) >= 11 is 0. The SMILES string of the molecule is CCC1COCCN1C(C)CC(C)(CO)NC1CC1. The number of hydrogen-bond acceptors (Lipinski definition) is 4. The minimum atomic E-state index is -0.142. The topological polar surface area (TPSA) is 44.7 Å². The zero-order valence-electron chi connectivity index (χ0n) is 12.7. The first kappa shape index (κ1) is 15.2. The van der Waals surface area contributed by atoms with Gasteiger partial charge in [0.05, 0.1) is 19.8 Å². The maximum absolute atomic E-state index is 9.73.